The third-order valence-electron chi connectivity index (χ3n) is 1.75. The lowest BCUT2D eigenvalue weighted by molar-refractivity contribution is -0.142. The zero-order valence-corrected chi connectivity index (χ0v) is 11.5. The Balaban J connectivity index is -0.000000249. The first kappa shape index (κ1) is 20.4. The molecule has 3 nitrogen and oxygen atoms in total. The van der Waals surface area contributed by atoms with Crippen molar-refractivity contribution < 1.29 is 15.0 Å². The lowest BCUT2D eigenvalue weighted by Gasteiger charge is -2.06. The van der Waals surface area contributed by atoms with Gasteiger partial charge < -0.3 is 10.2 Å². The zero-order valence-electron chi connectivity index (χ0n) is 10.4. The molecule has 0 saturated heterocycles. The number of rotatable bonds is 5. The maximum Gasteiger partial charge on any atom is 0.306 e. The summed E-state index contributed by atoms with van der Waals surface area (Å²) in [7, 11) is 0. The highest BCUT2D eigenvalue weighted by Crippen LogP contribution is 2.11. The van der Waals surface area contributed by atoms with Gasteiger partial charge in [0.1, 0.15) is 0 Å². The van der Waals surface area contributed by atoms with E-state index in [9.17, 15) is 4.79 Å². The second-order valence-corrected chi connectivity index (χ2v) is 3.68. The predicted molar refractivity (Wildman–Crippen MR) is 64.1 cm³/mol. The predicted octanol–water partition coefficient (Wildman–Crippen LogP) is 2.29. The highest BCUT2D eigenvalue weighted by Gasteiger charge is 2.12. The fourth-order valence-corrected chi connectivity index (χ4v) is 0.953. The maximum atomic E-state index is 10.4. The van der Waals surface area contributed by atoms with Gasteiger partial charge in [-0.1, -0.05) is 26.7 Å². The van der Waals surface area contributed by atoms with Gasteiger partial charge in [-0.15, -0.1) is 0 Å². The molecule has 0 amide bonds. The number of carboxylic acids is 1. The number of hydrogen-bond acceptors (Lipinski definition) is 2. The molecule has 3 radical (unpaired) electrons. The second kappa shape index (κ2) is 14.0. The van der Waals surface area contributed by atoms with Gasteiger partial charge >= 0.3 is 5.97 Å². The summed E-state index contributed by atoms with van der Waals surface area (Å²) in [6.45, 7) is 7.45. The van der Waals surface area contributed by atoms with E-state index < -0.39 is 5.97 Å². The monoisotopic (exact) mass is 231 g/mol. The molecular weight excluding hydrogens is 207 g/mol. The van der Waals surface area contributed by atoms with Crippen LogP contribution < -0.4 is 0 Å². The topological polar surface area (TPSA) is 57.5 Å². The van der Waals surface area contributed by atoms with Gasteiger partial charge in [-0.3, -0.25) is 4.79 Å². The number of aliphatic hydroxyl groups excluding tert-OH is 1. The van der Waals surface area contributed by atoms with E-state index >= 15 is 0 Å². The van der Waals surface area contributed by atoms with Crippen LogP contribution in [0.3, 0.4) is 0 Å². The van der Waals surface area contributed by atoms with Crippen molar-refractivity contribution in [1.82, 2.24) is 0 Å². The van der Waals surface area contributed by atoms with Gasteiger partial charge in [-0.2, -0.15) is 0 Å². The van der Waals surface area contributed by atoms with Gasteiger partial charge in [0.25, 0.3) is 0 Å². The molecule has 0 aliphatic rings. The Morgan fingerprint density at radius 3 is 1.87 bits per heavy atom. The minimum atomic E-state index is -0.643. The normalized spacial score (nSPS) is 11.1. The minimum Gasteiger partial charge on any atom is -0.481 e. The third kappa shape index (κ3) is 20.1. The van der Waals surface area contributed by atoms with Crippen LogP contribution in [-0.4, -0.2) is 39.6 Å². The van der Waals surface area contributed by atoms with E-state index in [4.69, 9.17) is 10.2 Å². The van der Waals surface area contributed by atoms with Crippen molar-refractivity contribution in [3.63, 3.8) is 0 Å². The van der Waals surface area contributed by atoms with Crippen LogP contribution in [0.25, 0.3) is 0 Å². The van der Waals surface area contributed by atoms with Gasteiger partial charge in [0.2, 0.25) is 0 Å². The molecule has 1 unspecified atom stereocenters. The van der Waals surface area contributed by atoms with Crippen molar-refractivity contribution in [1.29, 1.82) is 0 Å². The van der Waals surface area contributed by atoms with Gasteiger partial charge in [-0.05, 0) is 26.7 Å². The van der Waals surface area contributed by atoms with Gasteiger partial charge in [0.15, 0.2) is 0 Å². The molecule has 0 aromatic carbocycles. The van der Waals surface area contributed by atoms with Crippen molar-refractivity contribution >= 4 is 23.3 Å². The van der Waals surface area contributed by atoms with Crippen LogP contribution in [-0.2, 0) is 4.79 Å². The fourth-order valence-electron chi connectivity index (χ4n) is 0.953. The Morgan fingerprint density at radius 1 is 1.27 bits per heavy atom. The molecule has 15 heavy (non-hydrogen) atoms. The summed E-state index contributed by atoms with van der Waals surface area (Å²) in [5, 5.41) is 16.7. The number of aliphatic hydroxyl groups is 1. The van der Waals surface area contributed by atoms with Crippen LogP contribution in [0.5, 0.6) is 0 Å². The Kier molecular flexibility index (Phi) is 19.0. The Bertz CT molecular complexity index is 135. The molecule has 0 aromatic rings. The van der Waals surface area contributed by atoms with E-state index in [2.05, 4.69) is 6.92 Å². The summed E-state index contributed by atoms with van der Waals surface area (Å²) in [5.74, 6) is -0.754. The lowest BCUT2D eigenvalue weighted by Crippen LogP contribution is -2.11. The molecule has 0 heterocycles. The molecule has 4 heteroatoms. The fraction of sp³-hybridized carbons (Fsp3) is 0.909. The number of unbranched alkanes of at least 4 members (excludes halogenated alkanes) is 1. The molecule has 0 aromatic heterocycles. The number of hydrogen-bond donors (Lipinski definition) is 2. The van der Waals surface area contributed by atoms with Crippen molar-refractivity contribution in [3.8, 4) is 0 Å². The van der Waals surface area contributed by atoms with Crippen LogP contribution in [0.15, 0.2) is 0 Å². The summed E-state index contributed by atoms with van der Waals surface area (Å²) < 4.78 is 0. The number of carbonyl (C=O) groups is 1. The third-order valence-corrected chi connectivity index (χ3v) is 1.75. The van der Waals surface area contributed by atoms with E-state index in [-0.39, 0.29) is 29.4 Å². The van der Waals surface area contributed by atoms with E-state index in [1.54, 1.807) is 13.8 Å². The molecule has 2 N–H and O–H groups in total. The standard InChI is InChI=1S/C8H16O2.C3H8O.Al/c1-3-5-6-7(4-2)8(9)10;1-3(2)4;/h7H,3-6H2,1-2H3,(H,9,10);3-4H,1-2H3;. The Labute approximate surface area is 104 Å². The van der Waals surface area contributed by atoms with E-state index in [1.165, 1.54) is 0 Å². The van der Waals surface area contributed by atoms with Gasteiger partial charge in [-0.25, -0.2) is 0 Å². The molecular formula is C11H24AlO3. The number of aliphatic carboxylic acids is 1. The van der Waals surface area contributed by atoms with Crippen LogP contribution in [0.1, 0.15) is 53.4 Å². The second-order valence-electron chi connectivity index (χ2n) is 3.68. The molecule has 0 spiro atoms. The van der Waals surface area contributed by atoms with Crippen LogP contribution in [0, 0.1) is 5.92 Å². The average Bonchev–Trinajstić information content (AvgIpc) is 2.04. The average molecular weight is 231 g/mol. The summed E-state index contributed by atoms with van der Waals surface area (Å²) in [4.78, 5) is 10.4. The zero-order chi connectivity index (χ0) is 11.6. The highest BCUT2D eigenvalue weighted by atomic mass is 27.0. The summed E-state index contributed by atoms with van der Waals surface area (Å²) in [5.41, 5.74) is 0. The molecule has 0 fully saturated rings. The molecule has 0 rings (SSSR count). The van der Waals surface area contributed by atoms with E-state index in [0.29, 0.717) is 0 Å². The Hall–Kier alpha value is -0.0375. The highest BCUT2D eigenvalue weighted by molar-refractivity contribution is 5.75. The van der Waals surface area contributed by atoms with Gasteiger partial charge in [0, 0.05) is 23.5 Å². The van der Waals surface area contributed by atoms with Crippen molar-refractivity contribution in [2.75, 3.05) is 0 Å². The SMILES string of the molecule is CC(C)O.CCCCC(CC)C(=O)O.[Al]. The van der Waals surface area contributed by atoms with Crippen molar-refractivity contribution in [3.05, 3.63) is 0 Å². The molecule has 0 aliphatic heterocycles. The minimum absolute atomic E-state index is 0. The summed E-state index contributed by atoms with van der Waals surface area (Å²) >= 11 is 0. The summed E-state index contributed by atoms with van der Waals surface area (Å²) in [6.07, 6.45) is 3.55. The Morgan fingerprint density at radius 2 is 1.67 bits per heavy atom. The van der Waals surface area contributed by atoms with Gasteiger partial charge in [0.05, 0.1) is 5.92 Å². The molecule has 89 valence electrons. The largest absolute Gasteiger partial charge is 0.481 e. The first-order valence-corrected chi connectivity index (χ1v) is 5.36. The number of carboxylic acid groups (broad SMARTS) is 1. The molecule has 0 bridgehead atoms. The smallest absolute Gasteiger partial charge is 0.306 e. The van der Waals surface area contributed by atoms with Crippen LogP contribution >= 0.6 is 0 Å². The quantitative estimate of drug-likeness (QED) is 0.714. The first-order chi connectivity index (χ1) is 6.45. The van der Waals surface area contributed by atoms with Crippen molar-refractivity contribution in [2.24, 2.45) is 5.92 Å². The van der Waals surface area contributed by atoms with E-state index in [0.717, 1.165) is 25.7 Å². The lowest BCUT2D eigenvalue weighted by atomic mass is 10.00. The maximum absolute atomic E-state index is 10.4. The molecule has 0 saturated carbocycles. The van der Waals surface area contributed by atoms with Crippen LogP contribution in [0.2, 0.25) is 0 Å². The van der Waals surface area contributed by atoms with E-state index in [1.807, 2.05) is 6.92 Å². The molecule has 1 atom stereocenters. The first-order valence-electron chi connectivity index (χ1n) is 5.36. The van der Waals surface area contributed by atoms with Crippen LogP contribution in [0.4, 0.5) is 0 Å². The summed E-state index contributed by atoms with van der Waals surface area (Å²) in [6, 6.07) is 0. The molecule has 0 aliphatic carbocycles. The van der Waals surface area contributed by atoms with Crippen molar-refractivity contribution in [2.45, 2.75) is 59.5 Å².